The molecular formula is C28H44N2O4. The SMILES string of the molecule is CNCC(CCCNCCCc1ccc(OC)c(OC)c1)(c1ccc(OC)c(OC)c1)C(C)C. The van der Waals surface area contributed by atoms with Crippen LogP contribution in [0.4, 0.5) is 0 Å². The van der Waals surface area contributed by atoms with Crippen LogP contribution in [0.15, 0.2) is 36.4 Å². The molecule has 6 nitrogen and oxygen atoms in total. The second kappa shape index (κ2) is 14.1. The molecule has 0 fully saturated rings. The molecule has 0 bridgehead atoms. The molecule has 190 valence electrons. The van der Waals surface area contributed by atoms with Gasteiger partial charge in [0.1, 0.15) is 0 Å². The fourth-order valence-electron chi connectivity index (χ4n) is 4.73. The molecule has 2 rings (SSSR count). The largest absolute Gasteiger partial charge is 0.493 e. The number of rotatable bonds is 16. The van der Waals surface area contributed by atoms with Gasteiger partial charge in [-0.15, -0.1) is 0 Å². The van der Waals surface area contributed by atoms with Gasteiger partial charge in [-0.25, -0.2) is 0 Å². The third-order valence-corrected chi connectivity index (χ3v) is 6.80. The van der Waals surface area contributed by atoms with Crippen molar-refractivity contribution < 1.29 is 18.9 Å². The van der Waals surface area contributed by atoms with E-state index in [9.17, 15) is 0 Å². The van der Waals surface area contributed by atoms with E-state index in [2.05, 4.69) is 48.7 Å². The molecule has 0 amide bonds. The van der Waals surface area contributed by atoms with E-state index in [4.69, 9.17) is 18.9 Å². The number of aryl methyl sites for hydroxylation is 1. The summed E-state index contributed by atoms with van der Waals surface area (Å²) in [5, 5.41) is 7.07. The van der Waals surface area contributed by atoms with Crippen LogP contribution in [-0.2, 0) is 11.8 Å². The highest BCUT2D eigenvalue weighted by Gasteiger charge is 2.35. The highest BCUT2D eigenvalue weighted by atomic mass is 16.5. The van der Waals surface area contributed by atoms with Gasteiger partial charge < -0.3 is 29.6 Å². The molecule has 0 heterocycles. The predicted octanol–water partition coefficient (Wildman–Crippen LogP) is 4.84. The highest BCUT2D eigenvalue weighted by Crippen LogP contribution is 2.40. The van der Waals surface area contributed by atoms with Gasteiger partial charge in [0.25, 0.3) is 0 Å². The summed E-state index contributed by atoms with van der Waals surface area (Å²) in [4.78, 5) is 0. The monoisotopic (exact) mass is 472 g/mol. The quantitative estimate of drug-likeness (QED) is 0.341. The Morgan fingerprint density at radius 2 is 1.35 bits per heavy atom. The minimum absolute atomic E-state index is 0.0234. The van der Waals surface area contributed by atoms with Gasteiger partial charge in [-0.2, -0.15) is 0 Å². The van der Waals surface area contributed by atoms with Crippen LogP contribution < -0.4 is 29.6 Å². The number of hydrogen-bond acceptors (Lipinski definition) is 6. The van der Waals surface area contributed by atoms with E-state index in [1.807, 2.05) is 19.2 Å². The first-order valence-corrected chi connectivity index (χ1v) is 12.2. The summed E-state index contributed by atoms with van der Waals surface area (Å²) in [5.41, 5.74) is 2.58. The van der Waals surface area contributed by atoms with Crippen molar-refractivity contribution in [1.29, 1.82) is 0 Å². The summed E-state index contributed by atoms with van der Waals surface area (Å²) in [6, 6.07) is 12.5. The maximum atomic E-state index is 5.59. The molecule has 1 atom stereocenters. The van der Waals surface area contributed by atoms with Crippen LogP contribution in [0.5, 0.6) is 23.0 Å². The molecule has 0 spiro atoms. The van der Waals surface area contributed by atoms with E-state index < -0.39 is 0 Å². The zero-order valence-electron chi connectivity index (χ0n) is 22.1. The molecule has 0 aliphatic rings. The molecule has 0 saturated heterocycles. The lowest BCUT2D eigenvalue weighted by Crippen LogP contribution is -2.42. The van der Waals surface area contributed by atoms with E-state index >= 15 is 0 Å². The first-order valence-electron chi connectivity index (χ1n) is 12.2. The summed E-state index contributed by atoms with van der Waals surface area (Å²) < 4.78 is 21.8. The van der Waals surface area contributed by atoms with Crippen molar-refractivity contribution in [2.45, 2.75) is 44.9 Å². The van der Waals surface area contributed by atoms with Crippen molar-refractivity contribution in [2.75, 3.05) is 55.1 Å². The minimum atomic E-state index is 0.0234. The van der Waals surface area contributed by atoms with Crippen molar-refractivity contribution in [1.82, 2.24) is 10.6 Å². The molecular weight excluding hydrogens is 428 g/mol. The van der Waals surface area contributed by atoms with Crippen LogP contribution in [-0.4, -0.2) is 55.1 Å². The summed E-state index contributed by atoms with van der Waals surface area (Å²) >= 11 is 0. The van der Waals surface area contributed by atoms with Crippen molar-refractivity contribution in [2.24, 2.45) is 5.92 Å². The molecule has 0 aromatic heterocycles. The van der Waals surface area contributed by atoms with E-state index in [-0.39, 0.29) is 5.41 Å². The van der Waals surface area contributed by atoms with Gasteiger partial charge in [0.15, 0.2) is 23.0 Å². The average Bonchev–Trinajstić information content (AvgIpc) is 2.86. The summed E-state index contributed by atoms with van der Waals surface area (Å²) in [5.74, 6) is 3.59. The van der Waals surface area contributed by atoms with Gasteiger partial charge in [0, 0.05) is 12.0 Å². The Morgan fingerprint density at radius 3 is 1.94 bits per heavy atom. The van der Waals surface area contributed by atoms with Gasteiger partial charge in [-0.3, -0.25) is 0 Å². The summed E-state index contributed by atoms with van der Waals surface area (Å²) in [6.45, 7) is 7.53. The number of likely N-dealkylation sites (N-methyl/N-ethyl adjacent to an activating group) is 1. The van der Waals surface area contributed by atoms with E-state index in [1.165, 1.54) is 11.1 Å². The average molecular weight is 473 g/mol. The molecule has 0 saturated carbocycles. The highest BCUT2D eigenvalue weighted by molar-refractivity contribution is 5.46. The fourth-order valence-corrected chi connectivity index (χ4v) is 4.73. The Bertz CT molecular complexity index is 871. The van der Waals surface area contributed by atoms with E-state index in [0.717, 1.165) is 68.3 Å². The second-order valence-electron chi connectivity index (χ2n) is 9.06. The van der Waals surface area contributed by atoms with Crippen LogP contribution in [0.3, 0.4) is 0 Å². The summed E-state index contributed by atoms with van der Waals surface area (Å²) in [6.07, 6.45) is 4.28. The molecule has 2 N–H and O–H groups in total. The normalized spacial score (nSPS) is 12.9. The fraction of sp³-hybridized carbons (Fsp3) is 0.571. The molecule has 2 aromatic carbocycles. The molecule has 6 heteroatoms. The van der Waals surface area contributed by atoms with Crippen LogP contribution >= 0.6 is 0 Å². The zero-order valence-corrected chi connectivity index (χ0v) is 22.1. The number of ether oxygens (including phenoxy) is 4. The molecule has 0 aliphatic carbocycles. The Kier molecular flexibility index (Phi) is 11.5. The molecule has 0 radical (unpaired) electrons. The van der Waals surface area contributed by atoms with E-state index in [0.29, 0.717) is 5.92 Å². The smallest absolute Gasteiger partial charge is 0.161 e. The topological polar surface area (TPSA) is 61.0 Å². The molecule has 2 aromatic rings. The third-order valence-electron chi connectivity index (χ3n) is 6.80. The first kappa shape index (κ1) is 27.8. The lowest BCUT2D eigenvalue weighted by molar-refractivity contribution is 0.267. The second-order valence-corrected chi connectivity index (χ2v) is 9.06. The zero-order chi connectivity index (χ0) is 25.0. The Morgan fingerprint density at radius 1 is 0.765 bits per heavy atom. The molecule has 34 heavy (non-hydrogen) atoms. The maximum Gasteiger partial charge on any atom is 0.161 e. The maximum absolute atomic E-state index is 5.59. The minimum Gasteiger partial charge on any atom is -0.493 e. The Balaban J connectivity index is 1.92. The van der Waals surface area contributed by atoms with E-state index in [1.54, 1.807) is 28.4 Å². The van der Waals surface area contributed by atoms with Crippen molar-refractivity contribution in [3.63, 3.8) is 0 Å². The molecule has 1 unspecified atom stereocenters. The standard InChI is InChI=1S/C28H44N2O4/c1-21(2)28(20-29-3,23-12-14-25(32-5)27(19-23)34-7)15-9-17-30-16-8-10-22-11-13-24(31-4)26(18-22)33-6/h11-14,18-19,21,29-30H,8-10,15-17,20H2,1-7H3. The van der Waals surface area contributed by atoms with Gasteiger partial charge in [-0.1, -0.05) is 26.0 Å². The van der Waals surface area contributed by atoms with Gasteiger partial charge in [0.2, 0.25) is 0 Å². The number of benzene rings is 2. The van der Waals surface area contributed by atoms with Gasteiger partial charge >= 0.3 is 0 Å². The van der Waals surface area contributed by atoms with Gasteiger partial charge in [-0.05, 0) is 87.1 Å². The summed E-state index contributed by atoms with van der Waals surface area (Å²) in [7, 11) is 8.75. The lowest BCUT2D eigenvalue weighted by atomic mass is 9.68. The van der Waals surface area contributed by atoms with Crippen molar-refractivity contribution >= 4 is 0 Å². The van der Waals surface area contributed by atoms with Crippen LogP contribution in [0.25, 0.3) is 0 Å². The number of nitrogens with one attached hydrogen (secondary N) is 2. The lowest BCUT2D eigenvalue weighted by Gasteiger charge is -2.39. The van der Waals surface area contributed by atoms with Gasteiger partial charge in [0.05, 0.1) is 28.4 Å². The predicted molar refractivity (Wildman–Crippen MR) is 140 cm³/mol. The Labute approximate surface area is 206 Å². The van der Waals surface area contributed by atoms with Crippen molar-refractivity contribution in [3.8, 4) is 23.0 Å². The van der Waals surface area contributed by atoms with Crippen molar-refractivity contribution in [3.05, 3.63) is 47.5 Å². The van der Waals surface area contributed by atoms with Crippen LogP contribution in [0.2, 0.25) is 0 Å². The third kappa shape index (κ3) is 7.03. The number of hydrogen-bond donors (Lipinski definition) is 2. The Hall–Kier alpha value is -2.44. The van der Waals surface area contributed by atoms with Crippen LogP contribution in [0, 0.1) is 5.92 Å². The van der Waals surface area contributed by atoms with Crippen LogP contribution in [0.1, 0.15) is 44.2 Å². The molecule has 0 aliphatic heterocycles. The number of methoxy groups -OCH3 is 4. The first-order chi connectivity index (χ1) is 16.4.